The fourth-order valence-electron chi connectivity index (χ4n) is 5.82. The number of imidazole rings is 1. The van der Waals surface area contributed by atoms with Crippen molar-refractivity contribution in [3.63, 3.8) is 0 Å². The second-order valence-corrected chi connectivity index (χ2v) is 11.4. The van der Waals surface area contributed by atoms with Crippen LogP contribution in [-0.2, 0) is 15.1 Å². The molecule has 12 heteroatoms. The van der Waals surface area contributed by atoms with Gasteiger partial charge in [-0.05, 0) is 65.9 Å². The number of methoxy groups -OCH3 is 3. The first-order valence-electron chi connectivity index (χ1n) is 15.2. The number of hydrogen-bond acceptors (Lipinski definition) is 9. The van der Waals surface area contributed by atoms with Gasteiger partial charge in [0.2, 0.25) is 5.95 Å². The Bertz CT molecular complexity index is 1770. The lowest BCUT2D eigenvalue weighted by Crippen LogP contribution is -2.35. The van der Waals surface area contributed by atoms with Crippen molar-refractivity contribution < 1.29 is 23.7 Å². The van der Waals surface area contributed by atoms with Gasteiger partial charge in [-0.25, -0.2) is 9.98 Å². The fraction of sp³-hybridized carbons (Fsp3) is 0.314. The van der Waals surface area contributed by atoms with Crippen LogP contribution < -0.4 is 19.8 Å². The van der Waals surface area contributed by atoms with Crippen molar-refractivity contribution >= 4 is 23.5 Å². The minimum atomic E-state index is -1.01. The summed E-state index contributed by atoms with van der Waals surface area (Å²) in [6, 6.07) is 23.7. The summed E-state index contributed by atoms with van der Waals surface area (Å²) in [5.41, 5.74) is 2.02. The normalized spacial score (nSPS) is 16.5. The van der Waals surface area contributed by atoms with E-state index in [1.54, 1.807) is 43.5 Å². The van der Waals surface area contributed by atoms with E-state index in [0.29, 0.717) is 12.1 Å². The Morgan fingerprint density at radius 1 is 0.894 bits per heavy atom. The molecule has 2 aromatic heterocycles. The largest absolute Gasteiger partial charge is 0.497 e. The summed E-state index contributed by atoms with van der Waals surface area (Å²) in [5.74, 6) is 2.41. The highest BCUT2D eigenvalue weighted by atomic mass is 16.6. The summed E-state index contributed by atoms with van der Waals surface area (Å²) in [4.78, 5) is 30.3. The predicted molar refractivity (Wildman–Crippen MR) is 178 cm³/mol. The van der Waals surface area contributed by atoms with E-state index in [2.05, 4.69) is 19.9 Å². The topological polar surface area (TPSA) is 125 Å². The van der Waals surface area contributed by atoms with Gasteiger partial charge in [0.05, 0.1) is 46.7 Å². The highest BCUT2D eigenvalue weighted by Gasteiger charge is 2.40. The summed E-state index contributed by atoms with van der Waals surface area (Å²) in [6.07, 6.45) is 3.95. The molecule has 1 saturated heterocycles. The molecule has 244 valence electrons. The molecule has 1 aliphatic heterocycles. The highest BCUT2D eigenvalue weighted by molar-refractivity contribution is 5.71. The van der Waals surface area contributed by atoms with E-state index < -0.39 is 5.60 Å². The first-order chi connectivity index (χ1) is 22.8. The molecule has 5 aromatic rings. The Balaban J connectivity index is 1.34. The molecule has 6 rings (SSSR count). The molecule has 0 spiro atoms. The summed E-state index contributed by atoms with van der Waals surface area (Å²) in [6.45, 7) is 0.277. The molecule has 12 nitrogen and oxygen atoms in total. The van der Waals surface area contributed by atoms with E-state index in [1.165, 1.54) is 0 Å². The lowest BCUT2D eigenvalue weighted by molar-refractivity contribution is -0.0756. The van der Waals surface area contributed by atoms with Crippen LogP contribution in [0.3, 0.4) is 0 Å². The third-order valence-electron chi connectivity index (χ3n) is 8.20. The van der Waals surface area contributed by atoms with Crippen molar-refractivity contribution in [2.45, 2.75) is 30.8 Å². The van der Waals surface area contributed by atoms with E-state index in [9.17, 15) is 4.79 Å². The third-order valence-corrected chi connectivity index (χ3v) is 8.20. The maximum atomic E-state index is 12.7. The Hall–Kier alpha value is -5.20. The van der Waals surface area contributed by atoms with Crippen LogP contribution in [0.25, 0.3) is 11.2 Å². The quantitative estimate of drug-likeness (QED) is 0.114. The van der Waals surface area contributed by atoms with Gasteiger partial charge >= 0.3 is 0 Å². The van der Waals surface area contributed by atoms with Gasteiger partial charge in [-0.1, -0.05) is 36.4 Å². The van der Waals surface area contributed by atoms with Gasteiger partial charge in [-0.15, -0.1) is 0 Å². The molecule has 1 N–H and O–H groups in total. The number of hydrogen-bond donors (Lipinski definition) is 1. The standard InChI is InChI=1S/C35H38N6O6/c1-40(2)21-37-34-38-32-31(33(42)39-34)36-22-41(32)30-19-18-29(47-30)20-46-35(23-6-12-26(43-3)13-7-23,24-8-14-27(44-4)15-9-24)25-10-16-28(45-5)17-11-25/h6-17,21-22,29-30H,18-20H2,1-5H3,(H,38,39,42). The minimum absolute atomic E-state index is 0.194. The van der Waals surface area contributed by atoms with Crippen molar-refractivity contribution in [3.8, 4) is 17.2 Å². The monoisotopic (exact) mass is 638 g/mol. The van der Waals surface area contributed by atoms with Gasteiger partial charge in [0.1, 0.15) is 29.1 Å². The van der Waals surface area contributed by atoms with Crippen molar-refractivity contribution in [2.24, 2.45) is 4.99 Å². The molecule has 1 fully saturated rings. The van der Waals surface area contributed by atoms with Crippen LogP contribution in [0.1, 0.15) is 35.8 Å². The first-order valence-corrected chi connectivity index (χ1v) is 15.2. The van der Waals surface area contributed by atoms with E-state index in [4.69, 9.17) is 23.7 Å². The van der Waals surface area contributed by atoms with Crippen molar-refractivity contribution in [2.75, 3.05) is 42.0 Å². The molecule has 0 saturated carbocycles. The summed E-state index contributed by atoms with van der Waals surface area (Å²) in [7, 11) is 8.61. The average Bonchev–Trinajstić information content (AvgIpc) is 3.76. The second-order valence-electron chi connectivity index (χ2n) is 11.4. The van der Waals surface area contributed by atoms with E-state index in [0.717, 1.165) is 40.4 Å². The summed E-state index contributed by atoms with van der Waals surface area (Å²) in [5, 5.41) is 0. The van der Waals surface area contributed by atoms with Crippen molar-refractivity contribution in [3.05, 3.63) is 106 Å². The lowest BCUT2D eigenvalue weighted by atomic mass is 9.80. The summed E-state index contributed by atoms with van der Waals surface area (Å²) >= 11 is 0. The number of rotatable bonds is 12. The van der Waals surface area contributed by atoms with Gasteiger partial charge in [-0.3, -0.25) is 14.3 Å². The minimum Gasteiger partial charge on any atom is -0.497 e. The fourth-order valence-corrected chi connectivity index (χ4v) is 5.82. The van der Waals surface area contributed by atoms with Crippen LogP contribution in [0.4, 0.5) is 5.95 Å². The van der Waals surface area contributed by atoms with E-state index in [1.807, 2.05) is 86.9 Å². The predicted octanol–water partition coefficient (Wildman–Crippen LogP) is 5.05. The summed E-state index contributed by atoms with van der Waals surface area (Å²) < 4.78 is 31.8. The molecule has 47 heavy (non-hydrogen) atoms. The Morgan fingerprint density at radius 3 is 1.91 bits per heavy atom. The molecule has 3 aromatic carbocycles. The van der Waals surface area contributed by atoms with Crippen molar-refractivity contribution in [1.82, 2.24) is 24.4 Å². The van der Waals surface area contributed by atoms with Crippen molar-refractivity contribution in [1.29, 1.82) is 0 Å². The number of nitrogens with zero attached hydrogens (tertiary/aromatic N) is 5. The molecule has 2 atom stereocenters. The highest BCUT2D eigenvalue weighted by Crippen LogP contribution is 2.43. The van der Waals surface area contributed by atoms with Gasteiger partial charge in [0.25, 0.3) is 5.56 Å². The van der Waals surface area contributed by atoms with Crippen LogP contribution in [-0.4, -0.2) is 78.9 Å². The van der Waals surface area contributed by atoms with Gasteiger partial charge in [-0.2, -0.15) is 4.98 Å². The Morgan fingerprint density at radius 2 is 1.43 bits per heavy atom. The molecule has 3 heterocycles. The number of benzene rings is 3. The second kappa shape index (κ2) is 13.7. The van der Waals surface area contributed by atoms with Gasteiger partial charge in [0, 0.05) is 14.1 Å². The Kier molecular flexibility index (Phi) is 9.23. The number of H-pyrrole nitrogens is 1. The molecule has 1 aliphatic rings. The van der Waals surface area contributed by atoms with E-state index >= 15 is 0 Å². The first kappa shape index (κ1) is 31.8. The number of fused-ring (bicyclic) bond motifs is 1. The number of ether oxygens (including phenoxy) is 5. The lowest BCUT2D eigenvalue weighted by Gasteiger charge is -2.37. The van der Waals surface area contributed by atoms with Crippen LogP contribution in [0.5, 0.6) is 17.2 Å². The number of aromatic nitrogens is 4. The van der Waals surface area contributed by atoms with Crippen LogP contribution >= 0.6 is 0 Å². The number of nitrogens with one attached hydrogen (secondary N) is 1. The maximum Gasteiger partial charge on any atom is 0.280 e. The van der Waals surface area contributed by atoms with Crippen LogP contribution in [0, 0.1) is 0 Å². The molecule has 2 unspecified atom stereocenters. The zero-order valence-electron chi connectivity index (χ0n) is 27.0. The molecule has 0 bridgehead atoms. The zero-order valence-corrected chi connectivity index (χ0v) is 27.0. The third kappa shape index (κ3) is 6.42. The number of aliphatic imine (C=N–C) groups is 1. The SMILES string of the molecule is COc1ccc(C(OCC2CCC(n3cnc4c(=O)[nH]c(N=CN(C)C)nc43)O2)(c2ccc(OC)cc2)c2ccc(OC)cc2)cc1. The molecule has 0 amide bonds. The average molecular weight is 639 g/mol. The number of aromatic amines is 1. The van der Waals surface area contributed by atoms with Gasteiger partial charge in [0.15, 0.2) is 11.2 Å². The maximum absolute atomic E-state index is 12.7. The molecule has 0 aliphatic carbocycles. The molecular formula is C35H38N6O6. The van der Waals surface area contributed by atoms with Crippen LogP contribution in [0.2, 0.25) is 0 Å². The molecular weight excluding hydrogens is 600 g/mol. The van der Waals surface area contributed by atoms with Crippen LogP contribution in [0.15, 0.2) is 88.9 Å². The smallest absolute Gasteiger partial charge is 0.280 e. The van der Waals surface area contributed by atoms with E-state index in [-0.39, 0.29) is 36.0 Å². The zero-order chi connectivity index (χ0) is 33.0. The molecule has 0 radical (unpaired) electrons. The Labute approximate surface area is 272 Å². The van der Waals surface area contributed by atoms with Gasteiger partial charge < -0.3 is 28.6 Å².